The van der Waals surface area contributed by atoms with Crippen LogP contribution < -0.4 is 11.1 Å². The van der Waals surface area contributed by atoms with Crippen LogP contribution in [0.2, 0.25) is 0 Å². The van der Waals surface area contributed by atoms with Crippen molar-refractivity contribution in [1.29, 1.82) is 0 Å². The van der Waals surface area contributed by atoms with Gasteiger partial charge in [-0.3, -0.25) is 19.9 Å². The number of nitrogens with one attached hydrogen (secondary N) is 1. The third-order valence-corrected chi connectivity index (χ3v) is 2.41. The van der Waals surface area contributed by atoms with E-state index in [1.807, 2.05) is 0 Å². The molecule has 2 rings (SSSR count). The Morgan fingerprint density at radius 1 is 1.38 bits per heavy atom. The number of piperidine rings is 1. The maximum Gasteiger partial charge on any atom is 0.235 e. The molecule has 0 spiro atoms. The molecule has 1 aliphatic rings. The summed E-state index contributed by atoms with van der Waals surface area (Å²) in [4.78, 5) is 26.5. The minimum Gasteiger partial charge on any atom is -0.397 e. The average Bonchev–Trinajstić information content (AvgIpc) is 2.20. The Morgan fingerprint density at radius 3 is 2.69 bits per heavy atom. The van der Waals surface area contributed by atoms with E-state index in [0.29, 0.717) is 24.2 Å². The van der Waals surface area contributed by atoms with Crippen LogP contribution >= 0.6 is 12.4 Å². The van der Waals surface area contributed by atoms with Gasteiger partial charge >= 0.3 is 0 Å². The number of pyridine rings is 1. The summed E-state index contributed by atoms with van der Waals surface area (Å²) in [7, 11) is 0. The van der Waals surface area contributed by atoms with Gasteiger partial charge in [0.15, 0.2) is 0 Å². The van der Waals surface area contributed by atoms with E-state index < -0.39 is 0 Å². The number of nitrogens with zero attached hydrogens (tertiary/aromatic N) is 1. The fourth-order valence-corrected chi connectivity index (χ4v) is 1.60. The molecule has 0 saturated carbocycles. The number of hydrogen-bond donors (Lipinski definition) is 2. The molecule has 1 aromatic heterocycles. The van der Waals surface area contributed by atoms with Crippen LogP contribution in [0.5, 0.6) is 0 Å². The Balaban J connectivity index is 0.00000128. The summed E-state index contributed by atoms with van der Waals surface area (Å²) in [6, 6.07) is 3.42. The minimum atomic E-state index is -0.330. The highest BCUT2D eigenvalue weighted by molar-refractivity contribution is 6.00. The SMILES string of the molecule is Cl.Nc1ccc(C2CCC(=O)NC2=O)nc1. The maximum absolute atomic E-state index is 11.5. The van der Waals surface area contributed by atoms with E-state index in [1.165, 1.54) is 6.20 Å². The molecule has 86 valence electrons. The number of anilines is 1. The second-order valence-electron chi connectivity index (χ2n) is 3.52. The van der Waals surface area contributed by atoms with Crippen molar-refractivity contribution in [1.82, 2.24) is 10.3 Å². The first-order valence-corrected chi connectivity index (χ1v) is 4.72. The minimum absolute atomic E-state index is 0. The number of carbonyl (C=O) groups is 2. The van der Waals surface area contributed by atoms with Crippen LogP contribution in [-0.4, -0.2) is 16.8 Å². The zero-order chi connectivity index (χ0) is 10.8. The standard InChI is InChI=1S/C10H11N3O2.ClH/c11-6-1-3-8(12-5-6)7-2-4-9(14)13-10(7)15;/h1,3,5,7H,2,4,11H2,(H,13,14,15);1H. The first-order chi connectivity index (χ1) is 7.16. The number of carbonyl (C=O) groups excluding carboxylic acids is 2. The van der Waals surface area contributed by atoms with E-state index in [0.717, 1.165) is 0 Å². The molecule has 2 heterocycles. The molecule has 1 fully saturated rings. The van der Waals surface area contributed by atoms with E-state index >= 15 is 0 Å². The lowest BCUT2D eigenvalue weighted by Gasteiger charge is -2.20. The van der Waals surface area contributed by atoms with Gasteiger partial charge in [0.2, 0.25) is 11.8 Å². The van der Waals surface area contributed by atoms with Gasteiger partial charge in [-0.05, 0) is 18.6 Å². The van der Waals surface area contributed by atoms with E-state index in [1.54, 1.807) is 12.1 Å². The molecule has 16 heavy (non-hydrogen) atoms. The van der Waals surface area contributed by atoms with Crippen LogP contribution in [0.3, 0.4) is 0 Å². The van der Waals surface area contributed by atoms with Crippen LogP contribution in [0.1, 0.15) is 24.5 Å². The number of imide groups is 1. The zero-order valence-electron chi connectivity index (χ0n) is 8.47. The summed E-state index contributed by atoms with van der Waals surface area (Å²) in [5.41, 5.74) is 6.72. The summed E-state index contributed by atoms with van der Waals surface area (Å²) >= 11 is 0. The van der Waals surface area contributed by atoms with Gasteiger partial charge in [0.1, 0.15) is 0 Å². The van der Waals surface area contributed by atoms with Crippen LogP contribution in [-0.2, 0) is 9.59 Å². The van der Waals surface area contributed by atoms with E-state index in [2.05, 4.69) is 10.3 Å². The predicted molar refractivity (Wildman–Crippen MR) is 61.0 cm³/mol. The molecule has 1 unspecified atom stereocenters. The summed E-state index contributed by atoms with van der Waals surface area (Å²) in [5.74, 6) is -0.821. The van der Waals surface area contributed by atoms with Crippen molar-refractivity contribution in [2.24, 2.45) is 0 Å². The first-order valence-electron chi connectivity index (χ1n) is 4.72. The number of amides is 2. The number of aromatic nitrogens is 1. The maximum atomic E-state index is 11.5. The van der Waals surface area contributed by atoms with Gasteiger partial charge in [0, 0.05) is 6.42 Å². The van der Waals surface area contributed by atoms with Crippen molar-refractivity contribution in [3.8, 4) is 0 Å². The Bertz CT molecular complexity index is 405. The summed E-state index contributed by atoms with van der Waals surface area (Å²) in [5, 5.41) is 2.29. The summed E-state index contributed by atoms with van der Waals surface area (Å²) < 4.78 is 0. The molecule has 3 N–H and O–H groups in total. The Labute approximate surface area is 98.8 Å². The third-order valence-electron chi connectivity index (χ3n) is 2.41. The largest absolute Gasteiger partial charge is 0.397 e. The number of hydrogen-bond acceptors (Lipinski definition) is 4. The van der Waals surface area contributed by atoms with Gasteiger partial charge < -0.3 is 5.73 Å². The van der Waals surface area contributed by atoms with Gasteiger partial charge in [0.25, 0.3) is 0 Å². The van der Waals surface area contributed by atoms with Crippen molar-refractivity contribution >= 4 is 29.9 Å². The molecule has 0 bridgehead atoms. The molecule has 1 atom stereocenters. The summed E-state index contributed by atoms with van der Waals surface area (Å²) in [6.45, 7) is 0. The van der Waals surface area contributed by atoms with Crippen LogP contribution in [0.25, 0.3) is 0 Å². The molecule has 0 aromatic carbocycles. The predicted octanol–water partition coefficient (Wildman–Crippen LogP) is 0.606. The molecule has 2 amide bonds. The Morgan fingerprint density at radius 2 is 2.12 bits per heavy atom. The van der Waals surface area contributed by atoms with E-state index in [9.17, 15) is 9.59 Å². The quantitative estimate of drug-likeness (QED) is 0.706. The van der Waals surface area contributed by atoms with Crippen molar-refractivity contribution < 1.29 is 9.59 Å². The van der Waals surface area contributed by atoms with Crippen molar-refractivity contribution in [2.75, 3.05) is 5.73 Å². The molecular weight excluding hydrogens is 230 g/mol. The lowest BCUT2D eigenvalue weighted by atomic mass is 9.94. The lowest BCUT2D eigenvalue weighted by Crippen LogP contribution is -2.39. The molecule has 6 heteroatoms. The number of halogens is 1. The highest BCUT2D eigenvalue weighted by atomic mass is 35.5. The lowest BCUT2D eigenvalue weighted by molar-refractivity contribution is -0.134. The van der Waals surface area contributed by atoms with Crippen molar-refractivity contribution in [3.05, 3.63) is 24.0 Å². The van der Waals surface area contributed by atoms with Crippen molar-refractivity contribution in [3.63, 3.8) is 0 Å². The van der Waals surface area contributed by atoms with Gasteiger partial charge in [-0.2, -0.15) is 0 Å². The highest BCUT2D eigenvalue weighted by Gasteiger charge is 2.28. The molecule has 1 aliphatic heterocycles. The first kappa shape index (κ1) is 12.4. The molecular formula is C10H12ClN3O2. The van der Waals surface area contributed by atoms with E-state index in [4.69, 9.17) is 5.73 Å². The fourth-order valence-electron chi connectivity index (χ4n) is 1.60. The van der Waals surface area contributed by atoms with Gasteiger partial charge in [-0.25, -0.2) is 0 Å². The Hall–Kier alpha value is -1.62. The van der Waals surface area contributed by atoms with Crippen LogP contribution in [0, 0.1) is 0 Å². The monoisotopic (exact) mass is 241 g/mol. The molecule has 0 aliphatic carbocycles. The second-order valence-corrected chi connectivity index (χ2v) is 3.52. The smallest absolute Gasteiger partial charge is 0.235 e. The van der Waals surface area contributed by atoms with Gasteiger partial charge in [-0.1, -0.05) is 0 Å². The number of rotatable bonds is 1. The molecule has 1 aromatic rings. The molecule has 5 nitrogen and oxygen atoms in total. The van der Waals surface area contributed by atoms with Crippen LogP contribution in [0.15, 0.2) is 18.3 Å². The Kier molecular flexibility index (Phi) is 3.84. The third kappa shape index (κ3) is 2.49. The molecule has 1 saturated heterocycles. The summed E-state index contributed by atoms with van der Waals surface area (Å²) in [6.07, 6.45) is 2.39. The number of nitrogen functional groups attached to an aromatic ring is 1. The zero-order valence-corrected chi connectivity index (χ0v) is 9.29. The molecule has 0 radical (unpaired) electrons. The normalized spacial score (nSPS) is 19.9. The topological polar surface area (TPSA) is 85.1 Å². The second kappa shape index (κ2) is 4.94. The number of nitrogens with two attached hydrogens (primary N) is 1. The average molecular weight is 242 g/mol. The van der Waals surface area contributed by atoms with Crippen molar-refractivity contribution in [2.45, 2.75) is 18.8 Å². The fraction of sp³-hybridized carbons (Fsp3) is 0.300. The van der Waals surface area contributed by atoms with E-state index in [-0.39, 0.29) is 30.1 Å². The highest BCUT2D eigenvalue weighted by Crippen LogP contribution is 2.23. The van der Waals surface area contributed by atoms with Gasteiger partial charge in [0.05, 0.1) is 23.5 Å². The van der Waals surface area contributed by atoms with Gasteiger partial charge in [-0.15, -0.1) is 12.4 Å². The van der Waals surface area contributed by atoms with Crippen LogP contribution in [0.4, 0.5) is 5.69 Å².